The fourth-order valence-electron chi connectivity index (χ4n) is 2.21. The third-order valence-electron chi connectivity index (χ3n) is 3.24. The van der Waals surface area contributed by atoms with Crippen LogP contribution in [0, 0.1) is 0 Å². The lowest BCUT2D eigenvalue weighted by Gasteiger charge is -2.31. The maximum Gasteiger partial charge on any atom is 0.0967 e. The lowest BCUT2D eigenvalue weighted by atomic mass is 9.91. The zero-order chi connectivity index (χ0) is 11.7. The molecule has 3 rings (SSSR count). The van der Waals surface area contributed by atoms with Crippen molar-refractivity contribution in [2.75, 3.05) is 13.2 Å². The summed E-state index contributed by atoms with van der Waals surface area (Å²) in [5.74, 6) is 0. The molecule has 1 saturated heterocycles. The molecule has 0 spiro atoms. The van der Waals surface area contributed by atoms with Crippen molar-refractivity contribution in [3.63, 3.8) is 0 Å². The van der Waals surface area contributed by atoms with E-state index in [-0.39, 0.29) is 0 Å². The molecule has 2 aromatic rings. The highest BCUT2D eigenvalue weighted by molar-refractivity contribution is 7.18. The van der Waals surface area contributed by atoms with E-state index >= 15 is 0 Å². The van der Waals surface area contributed by atoms with Gasteiger partial charge in [0, 0.05) is 19.6 Å². The van der Waals surface area contributed by atoms with Crippen LogP contribution in [0.25, 0.3) is 10.2 Å². The topological polar surface area (TPSA) is 42.4 Å². The second-order valence-corrected chi connectivity index (χ2v) is 5.70. The Bertz CT molecular complexity index is 484. The van der Waals surface area contributed by atoms with Crippen LogP contribution in [0.4, 0.5) is 0 Å². The molecule has 2 heterocycles. The second kappa shape index (κ2) is 4.37. The zero-order valence-electron chi connectivity index (χ0n) is 9.56. The molecule has 0 unspecified atom stereocenters. The predicted octanol–water partition coefficient (Wildman–Crippen LogP) is 2.38. The molecule has 4 heteroatoms. The first-order chi connectivity index (χ1) is 8.25. The Morgan fingerprint density at radius 3 is 2.82 bits per heavy atom. The molecule has 1 aliphatic heterocycles. The number of nitrogens with zero attached hydrogens (tertiary/aromatic N) is 1. The SMILES string of the molecule is OC1(Cc2nc3ccccc3s2)CCOCC1. The number of rotatable bonds is 2. The molecule has 1 aromatic heterocycles. The minimum absolute atomic E-state index is 0.619. The van der Waals surface area contributed by atoms with Gasteiger partial charge in [0.2, 0.25) is 0 Å². The standard InChI is InChI=1S/C13H15NO2S/c15-13(5-7-16-8-6-13)9-12-14-10-3-1-2-4-11(10)17-12/h1-4,15H,5-9H2. The average Bonchev–Trinajstić information content (AvgIpc) is 2.71. The van der Waals surface area contributed by atoms with Gasteiger partial charge in [0.15, 0.2) is 0 Å². The lowest BCUT2D eigenvalue weighted by molar-refractivity contribution is -0.0625. The van der Waals surface area contributed by atoms with Crippen LogP contribution in [-0.4, -0.2) is 28.9 Å². The largest absolute Gasteiger partial charge is 0.389 e. The third-order valence-corrected chi connectivity index (χ3v) is 4.28. The summed E-state index contributed by atoms with van der Waals surface area (Å²) < 4.78 is 6.48. The van der Waals surface area contributed by atoms with Gasteiger partial charge in [-0.1, -0.05) is 12.1 Å². The second-order valence-electron chi connectivity index (χ2n) is 4.59. The molecule has 0 atom stereocenters. The van der Waals surface area contributed by atoms with Crippen molar-refractivity contribution in [3.8, 4) is 0 Å². The first kappa shape index (κ1) is 11.1. The summed E-state index contributed by atoms with van der Waals surface area (Å²) >= 11 is 1.68. The van der Waals surface area contributed by atoms with Gasteiger partial charge in [-0.05, 0) is 25.0 Å². The van der Waals surface area contributed by atoms with Crippen LogP contribution in [0.3, 0.4) is 0 Å². The minimum Gasteiger partial charge on any atom is -0.389 e. The quantitative estimate of drug-likeness (QED) is 0.888. The number of aliphatic hydroxyl groups is 1. The summed E-state index contributed by atoms with van der Waals surface area (Å²) in [5, 5.41) is 11.5. The number of hydrogen-bond acceptors (Lipinski definition) is 4. The smallest absolute Gasteiger partial charge is 0.0967 e. The van der Waals surface area contributed by atoms with Gasteiger partial charge >= 0.3 is 0 Å². The van der Waals surface area contributed by atoms with Crippen molar-refractivity contribution >= 4 is 21.6 Å². The van der Waals surface area contributed by atoms with E-state index in [1.165, 1.54) is 4.70 Å². The minimum atomic E-state index is -0.619. The number of aromatic nitrogens is 1. The average molecular weight is 249 g/mol. The molecule has 0 aliphatic carbocycles. The van der Waals surface area contributed by atoms with Gasteiger partial charge in [-0.2, -0.15) is 0 Å². The Balaban J connectivity index is 1.84. The van der Waals surface area contributed by atoms with E-state index in [1.54, 1.807) is 11.3 Å². The van der Waals surface area contributed by atoms with E-state index in [4.69, 9.17) is 4.74 Å². The van der Waals surface area contributed by atoms with Gasteiger partial charge in [0.25, 0.3) is 0 Å². The molecule has 0 radical (unpaired) electrons. The molecule has 1 fully saturated rings. The van der Waals surface area contributed by atoms with Crippen LogP contribution >= 0.6 is 11.3 Å². The zero-order valence-corrected chi connectivity index (χ0v) is 10.4. The first-order valence-electron chi connectivity index (χ1n) is 5.90. The van der Waals surface area contributed by atoms with Gasteiger partial charge in [-0.25, -0.2) is 4.98 Å². The van der Waals surface area contributed by atoms with Crippen LogP contribution in [0.1, 0.15) is 17.8 Å². The van der Waals surface area contributed by atoms with E-state index in [9.17, 15) is 5.11 Å². The summed E-state index contributed by atoms with van der Waals surface area (Å²) in [6.45, 7) is 1.31. The van der Waals surface area contributed by atoms with Gasteiger partial charge in [0.1, 0.15) is 0 Å². The molecule has 17 heavy (non-hydrogen) atoms. The van der Waals surface area contributed by atoms with E-state index in [0.717, 1.165) is 10.5 Å². The fraction of sp³-hybridized carbons (Fsp3) is 0.462. The molecule has 0 amide bonds. The Labute approximate surface area is 104 Å². The molecule has 1 aromatic carbocycles. The van der Waals surface area contributed by atoms with Crippen LogP contribution in [0.15, 0.2) is 24.3 Å². The van der Waals surface area contributed by atoms with E-state index in [2.05, 4.69) is 11.1 Å². The molecule has 0 saturated carbocycles. The van der Waals surface area contributed by atoms with Gasteiger partial charge in [-0.15, -0.1) is 11.3 Å². The highest BCUT2D eigenvalue weighted by Gasteiger charge is 2.31. The third kappa shape index (κ3) is 2.34. The number of thiazole rings is 1. The number of ether oxygens (including phenoxy) is 1. The normalized spacial score (nSPS) is 19.6. The van der Waals surface area contributed by atoms with Crippen molar-refractivity contribution in [3.05, 3.63) is 29.3 Å². The van der Waals surface area contributed by atoms with E-state index in [1.807, 2.05) is 18.2 Å². The molecular formula is C13H15NO2S. The Morgan fingerprint density at radius 2 is 2.06 bits per heavy atom. The number of para-hydroxylation sites is 1. The molecular weight excluding hydrogens is 234 g/mol. The van der Waals surface area contributed by atoms with Gasteiger partial charge in [-0.3, -0.25) is 0 Å². The summed E-state index contributed by atoms with van der Waals surface area (Å²) in [7, 11) is 0. The van der Waals surface area contributed by atoms with Crippen LogP contribution in [0.2, 0.25) is 0 Å². The van der Waals surface area contributed by atoms with E-state index < -0.39 is 5.60 Å². The van der Waals surface area contributed by atoms with Crippen LogP contribution < -0.4 is 0 Å². The summed E-state index contributed by atoms with van der Waals surface area (Å²) in [6, 6.07) is 8.11. The van der Waals surface area contributed by atoms with Crippen molar-refractivity contribution < 1.29 is 9.84 Å². The number of fused-ring (bicyclic) bond motifs is 1. The monoisotopic (exact) mass is 249 g/mol. The van der Waals surface area contributed by atoms with Gasteiger partial charge < -0.3 is 9.84 Å². The van der Waals surface area contributed by atoms with Crippen molar-refractivity contribution in [1.29, 1.82) is 0 Å². The fourth-order valence-corrected chi connectivity index (χ4v) is 3.31. The summed E-state index contributed by atoms with van der Waals surface area (Å²) in [5.41, 5.74) is 0.412. The highest BCUT2D eigenvalue weighted by atomic mass is 32.1. The Kier molecular flexibility index (Phi) is 2.86. The maximum atomic E-state index is 10.4. The van der Waals surface area contributed by atoms with Crippen molar-refractivity contribution in [1.82, 2.24) is 4.98 Å². The molecule has 0 bridgehead atoms. The summed E-state index contributed by atoms with van der Waals surface area (Å²) in [4.78, 5) is 4.57. The van der Waals surface area contributed by atoms with Crippen LogP contribution in [0.5, 0.6) is 0 Å². The molecule has 1 aliphatic rings. The lowest BCUT2D eigenvalue weighted by Crippen LogP contribution is -2.38. The molecule has 3 nitrogen and oxygen atoms in total. The summed E-state index contributed by atoms with van der Waals surface area (Å²) in [6.07, 6.45) is 2.07. The predicted molar refractivity (Wildman–Crippen MR) is 68.3 cm³/mol. The van der Waals surface area contributed by atoms with Gasteiger partial charge in [0.05, 0.1) is 20.8 Å². The number of hydrogen-bond donors (Lipinski definition) is 1. The van der Waals surface area contributed by atoms with E-state index in [0.29, 0.717) is 32.5 Å². The Morgan fingerprint density at radius 1 is 1.29 bits per heavy atom. The number of benzene rings is 1. The van der Waals surface area contributed by atoms with Crippen molar-refractivity contribution in [2.24, 2.45) is 0 Å². The van der Waals surface area contributed by atoms with Crippen LogP contribution in [-0.2, 0) is 11.2 Å². The Hall–Kier alpha value is -0.970. The molecule has 90 valence electrons. The molecule has 1 N–H and O–H groups in total. The maximum absolute atomic E-state index is 10.4. The highest BCUT2D eigenvalue weighted by Crippen LogP contribution is 2.29. The first-order valence-corrected chi connectivity index (χ1v) is 6.71. The van der Waals surface area contributed by atoms with Crippen molar-refractivity contribution in [2.45, 2.75) is 24.9 Å².